The highest BCUT2D eigenvalue weighted by Gasteiger charge is 2.32. The van der Waals surface area contributed by atoms with Crippen molar-refractivity contribution in [2.24, 2.45) is 5.92 Å². The van der Waals surface area contributed by atoms with Gasteiger partial charge in [-0.25, -0.2) is 9.97 Å². The van der Waals surface area contributed by atoms with Crippen LogP contribution in [0.15, 0.2) is 12.4 Å². The van der Waals surface area contributed by atoms with Gasteiger partial charge < -0.3 is 10.2 Å². The summed E-state index contributed by atoms with van der Waals surface area (Å²) >= 11 is 0. The minimum atomic E-state index is 0.689. The molecule has 1 unspecified atom stereocenters. The first-order valence-corrected chi connectivity index (χ1v) is 7.09. The van der Waals surface area contributed by atoms with E-state index in [1.165, 1.54) is 32.2 Å². The number of rotatable bonds is 4. The molecule has 98 valence electrons. The summed E-state index contributed by atoms with van der Waals surface area (Å²) in [5, 5.41) is 3.49. The molecular weight excluding hydrogens is 224 g/mol. The maximum absolute atomic E-state index is 4.50. The molecule has 0 bridgehead atoms. The third-order valence-electron chi connectivity index (χ3n) is 3.87. The van der Waals surface area contributed by atoms with Crippen molar-refractivity contribution < 1.29 is 0 Å². The number of hydrogen-bond donors (Lipinski definition) is 1. The van der Waals surface area contributed by atoms with E-state index in [-0.39, 0.29) is 0 Å². The molecule has 2 aliphatic rings. The van der Waals surface area contributed by atoms with Crippen molar-refractivity contribution >= 4 is 5.95 Å². The fourth-order valence-corrected chi connectivity index (χ4v) is 2.67. The lowest BCUT2D eigenvalue weighted by molar-refractivity contribution is 0.374. The maximum atomic E-state index is 4.50. The molecule has 1 saturated carbocycles. The summed E-state index contributed by atoms with van der Waals surface area (Å²) in [6, 6.07) is 0.689. The first-order chi connectivity index (χ1) is 8.83. The van der Waals surface area contributed by atoms with E-state index >= 15 is 0 Å². The summed E-state index contributed by atoms with van der Waals surface area (Å²) in [6.45, 7) is 5.48. The van der Waals surface area contributed by atoms with E-state index in [0.29, 0.717) is 6.04 Å². The van der Waals surface area contributed by atoms with Gasteiger partial charge in [-0.05, 0) is 57.2 Å². The lowest BCUT2D eigenvalue weighted by Crippen LogP contribution is -2.40. The molecule has 1 aliphatic heterocycles. The summed E-state index contributed by atoms with van der Waals surface area (Å²) in [6.07, 6.45) is 9.10. The number of anilines is 1. The Morgan fingerprint density at radius 3 is 2.67 bits per heavy atom. The third kappa shape index (κ3) is 2.80. The lowest BCUT2D eigenvalue weighted by atomic mass is 9.99. The second kappa shape index (κ2) is 5.22. The Balaban J connectivity index is 1.69. The average molecular weight is 246 g/mol. The van der Waals surface area contributed by atoms with Crippen LogP contribution in [-0.2, 0) is 0 Å². The zero-order valence-corrected chi connectivity index (χ0v) is 11.1. The molecule has 4 nitrogen and oxygen atoms in total. The largest absolute Gasteiger partial charge is 0.338 e. The molecule has 1 N–H and O–H groups in total. The predicted octanol–water partition coefficient (Wildman–Crippen LogP) is 1.75. The van der Waals surface area contributed by atoms with Gasteiger partial charge >= 0.3 is 0 Å². The monoisotopic (exact) mass is 246 g/mol. The van der Waals surface area contributed by atoms with Crippen LogP contribution < -0.4 is 10.2 Å². The van der Waals surface area contributed by atoms with Crippen molar-refractivity contribution in [2.75, 3.05) is 24.5 Å². The summed E-state index contributed by atoms with van der Waals surface area (Å²) in [5.74, 6) is 1.68. The standard InChI is InChI=1S/C14H22N4/c1-11-7-16-14(17-8-11)18(13-4-5-13)10-12-3-2-6-15-9-12/h7-8,12-13,15H,2-6,9-10H2,1H3. The molecule has 0 radical (unpaired) electrons. The highest BCUT2D eigenvalue weighted by atomic mass is 15.3. The molecule has 18 heavy (non-hydrogen) atoms. The average Bonchev–Trinajstić information content (AvgIpc) is 3.23. The predicted molar refractivity (Wildman–Crippen MR) is 72.7 cm³/mol. The van der Waals surface area contributed by atoms with Crippen molar-refractivity contribution in [2.45, 2.75) is 38.6 Å². The van der Waals surface area contributed by atoms with Crippen LogP contribution in [0.3, 0.4) is 0 Å². The highest BCUT2D eigenvalue weighted by molar-refractivity contribution is 5.34. The molecule has 1 atom stereocenters. The second-order valence-electron chi connectivity index (χ2n) is 5.66. The smallest absolute Gasteiger partial charge is 0.225 e. The van der Waals surface area contributed by atoms with Gasteiger partial charge in [0.25, 0.3) is 0 Å². The van der Waals surface area contributed by atoms with E-state index in [1.54, 1.807) is 0 Å². The first-order valence-electron chi connectivity index (χ1n) is 7.09. The van der Waals surface area contributed by atoms with E-state index in [1.807, 2.05) is 19.3 Å². The third-order valence-corrected chi connectivity index (χ3v) is 3.87. The van der Waals surface area contributed by atoms with E-state index in [0.717, 1.165) is 30.5 Å². The molecule has 3 rings (SSSR count). The minimum Gasteiger partial charge on any atom is -0.338 e. The molecule has 1 aromatic rings. The molecule has 1 aliphatic carbocycles. The molecular formula is C14H22N4. The Bertz CT molecular complexity index is 379. The number of piperidine rings is 1. The van der Waals surface area contributed by atoms with Crippen LogP contribution in [-0.4, -0.2) is 35.6 Å². The van der Waals surface area contributed by atoms with Crippen LogP contribution in [0.5, 0.6) is 0 Å². The van der Waals surface area contributed by atoms with E-state index in [4.69, 9.17) is 0 Å². The zero-order valence-electron chi connectivity index (χ0n) is 11.1. The SMILES string of the molecule is Cc1cnc(N(CC2CCCNC2)C2CC2)nc1. The topological polar surface area (TPSA) is 41.1 Å². The Labute approximate surface area is 109 Å². The summed E-state index contributed by atoms with van der Waals surface area (Å²) in [5.41, 5.74) is 1.13. The second-order valence-corrected chi connectivity index (χ2v) is 5.66. The van der Waals surface area contributed by atoms with E-state index in [2.05, 4.69) is 20.2 Å². The molecule has 2 fully saturated rings. The van der Waals surface area contributed by atoms with E-state index < -0.39 is 0 Å². The quantitative estimate of drug-likeness (QED) is 0.879. The normalized spacial score (nSPS) is 23.9. The molecule has 2 heterocycles. The van der Waals surface area contributed by atoms with Gasteiger partial charge in [0, 0.05) is 25.0 Å². The van der Waals surface area contributed by atoms with Gasteiger partial charge in [-0.3, -0.25) is 0 Å². The minimum absolute atomic E-state index is 0.689. The van der Waals surface area contributed by atoms with Gasteiger partial charge in [0.05, 0.1) is 0 Å². The number of aryl methyl sites for hydroxylation is 1. The Morgan fingerprint density at radius 2 is 2.06 bits per heavy atom. The number of hydrogen-bond acceptors (Lipinski definition) is 4. The highest BCUT2D eigenvalue weighted by Crippen LogP contribution is 2.31. The summed E-state index contributed by atoms with van der Waals surface area (Å²) < 4.78 is 0. The van der Waals surface area contributed by atoms with Crippen molar-refractivity contribution in [3.8, 4) is 0 Å². The summed E-state index contributed by atoms with van der Waals surface area (Å²) in [7, 11) is 0. The number of nitrogens with one attached hydrogen (secondary N) is 1. The Hall–Kier alpha value is -1.16. The molecule has 4 heteroatoms. The number of aromatic nitrogens is 2. The van der Waals surface area contributed by atoms with Gasteiger partial charge in [0.2, 0.25) is 5.95 Å². The fourth-order valence-electron chi connectivity index (χ4n) is 2.67. The van der Waals surface area contributed by atoms with Crippen LogP contribution in [0, 0.1) is 12.8 Å². The van der Waals surface area contributed by atoms with Gasteiger partial charge in [-0.2, -0.15) is 0 Å². The van der Waals surface area contributed by atoms with E-state index in [9.17, 15) is 0 Å². The van der Waals surface area contributed by atoms with Gasteiger partial charge in [0.1, 0.15) is 0 Å². The molecule has 0 spiro atoms. The van der Waals surface area contributed by atoms with Crippen LogP contribution in [0.2, 0.25) is 0 Å². The summed E-state index contributed by atoms with van der Waals surface area (Å²) in [4.78, 5) is 11.4. The van der Waals surface area contributed by atoms with Crippen LogP contribution >= 0.6 is 0 Å². The zero-order chi connectivity index (χ0) is 12.4. The molecule has 0 amide bonds. The lowest BCUT2D eigenvalue weighted by Gasteiger charge is -2.30. The molecule has 0 aromatic carbocycles. The van der Waals surface area contributed by atoms with Crippen molar-refractivity contribution in [3.63, 3.8) is 0 Å². The maximum Gasteiger partial charge on any atom is 0.225 e. The van der Waals surface area contributed by atoms with Crippen LogP contribution in [0.4, 0.5) is 5.95 Å². The van der Waals surface area contributed by atoms with Crippen molar-refractivity contribution in [1.29, 1.82) is 0 Å². The van der Waals surface area contributed by atoms with Crippen LogP contribution in [0.1, 0.15) is 31.2 Å². The molecule has 1 saturated heterocycles. The van der Waals surface area contributed by atoms with Gasteiger partial charge in [-0.1, -0.05) is 0 Å². The fraction of sp³-hybridized carbons (Fsp3) is 0.714. The van der Waals surface area contributed by atoms with Crippen molar-refractivity contribution in [1.82, 2.24) is 15.3 Å². The molecule has 1 aromatic heterocycles. The number of nitrogens with zero attached hydrogens (tertiary/aromatic N) is 3. The Morgan fingerprint density at radius 1 is 1.28 bits per heavy atom. The van der Waals surface area contributed by atoms with Gasteiger partial charge in [0.15, 0.2) is 0 Å². The van der Waals surface area contributed by atoms with Crippen LogP contribution in [0.25, 0.3) is 0 Å². The van der Waals surface area contributed by atoms with Crippen molar-refractivity contribution in [3.05, 3.63) is 18.0 Å². The Kier molecular flexibility index (Phi) is 3.46. The first kappa shape index (κ1) is 11.9. The van der Waals surface area contributed by atoms with Gasteiger partial charge in [-0.15, -0.1) is 0 Å².